The highest BCUT2D eigenvalue weighted by molar-refractivity contribution is 6.10. The number of nitrogens with zero attached hydrogens (tertiary/aromatic N) is 12. The van der Waals surface area contributed by atoms with E-state index in [9.17, 15) is 0 Å². The zero-order valence-corrected chi connectivity index (χ0v) is 12.2. The number of rotatable bonds is 4. The van der Waals surface area contributed by atoms with Crippen molar-refractivity contribution in [2.24, 2.45) is 5.10 Å². The third-order valence-corrected chi connectivity index (χ3v) is 3.20. The van der Waals surface area contributed by atoms with Gasteiger partial charge in [-0.15, -0.1) is 25.5 Å². The van der Waals surface area contributed by atoms with Gasteiger partial charge in [0.05, 0.1) is 12.4 Å². The highest BCUT2D eigenvalue weighted by Crippen LogP contribution is 2.29. The summed E-state index contributed by atoms with van der Waals surface area (Å²) in [7, 11) is 0. The van der Waals surface area contributed by atoms with E-state index >= 15 is 0 Å². The van der Waals surface area contributed by atoms with Crippen LogP contribution in [0.3, 0.4) is 0 Å². The van der Waals surface area contributed by atoms with Crippen molar-refractivity contribution in [1.29, 1.82) is 0 Å². The molecule has 0 fully saturated rings. The summed E-state index contributed by atoms with van der Waals surface area (Å²) in [5.74, 6) is 1.96. The fraction of sp³-hybridized carbons (Fsp3) is 0. The number of hydrogen-bond donors (Lipinski definition) is 4. The molecular weight excluding hydrogens is 332 g/mol. The van der Waals surface area contributed by atoms with E-state index in [-0.39, 0.29) is 0 Å². The molecule has 0 saturated heterocycles. The lowest BCUT2D eigenvalue weighted by Crippen LogP contribution is -2.49. The van der Waals surface area contributed by atoms with E-state index in [4.69, 9.17) is 0 Å². The molecule has 0 aliphatic carbocycles. The first-order chi connectivity index (χ1) is 12.4. The van der Waals surface area contributed by atoms with Crippen molar-refractivity contribution >= 4 is 23.4 Å². The third-order valence-electron chi connectivity index (χ3n) is 3.20. The van der Waals surface area contributed by atoms with Crippen molar-refractivity contribution < 1.29 is 0 Å². The van der Waals surface area contributed by atoms with Gasteiger partial charge in [-0.2, -0.15) is 40.8 Å². The molecule has 16 nitrogen and oxygen atoms in total. The van der Waals surface area contributed by atoms with Crippen molar-refractivity contribution in [2.45, 2.75) is 0 Å². The molecule has 0 bridgehead atoms. The van der Waals surface area contributed by atoms with Gasteiger partial charge in [-0.3, -0.25) is 5.10 Å². The summed E-state index contributed by atoms with van der Waals surface area (Å²) >= 11 is 0. The van der Waals surface area contributed by atoms with E-state index < -0.39 is 0 Å². The Labute approximate surface area is 136 Å². The molecule has 5 rings (SSSR count). The normalized spacial score (nSPS) is 14.4. The Balaban J connectivity index is 1.70. The topological polar surface area (TPSA) is 188 Å². The van der Waals surface area contributed by atoms with Crippen molar-refractivity contribution in [3.05, 3.63) is 30.9 Å². The van der Waals surface area contributed by atoms with Crippen LogP contribution in [0.4, 0.5) is 17.6 Å². The van der Waals surface area contributed by atoms with E-state index in [1.54, 1.807) is 10.1 Å². The number of hydrazone groups is 1. The molecule has 1 aliphatic heterocycles. The number of aromatic amines is 4. The highest BCUT2D eigenvalue weighted by Gasteiger charge is 2.40. The van der Waals surface area contributed by atoms with E-state index in [1.165, 1.54) is 30.2 Å². The van der Waals surface area contributed by atoms with Crippen LogP contribution in [-0.2, 0) is 0 Å². The highest BCUT2D eigenvalue weighted by atomic mass is 16.0. The molecular formula is C9H8N16. The van der Waals surface area contributed by atoms with Crippen LogP contribution < -0.4 is 15.2 Å². The number of anilines is 3. The van der Waals surface area contributed by atoms with Crippen molar-refractivity contribution in [3.63, 3.8) is 0 Å². The minimum absolute atomic E-state index is 0.351. The Hall–Kier alpha value is -4.37. The summed E-state index contributed by atoms with van der Waals surface area (Å²) in [6.45, 7) is 0. The quantitative estimate of drug-likeness (QED) is 0.327. The second-order valence-corrected chi connectivity index (χ2v) is 4.61. The van der Waals surface area contributed by atoms with Crippen molar-refractivity contribution in [2.75, 3.05) is 15.2 Å². The number of amidine groups is 1. The molecule has 25 heavy (non-hydrogen) atoms. The minimum Gasteiger partial charge on any atom is -0.257 e. The second-order valence-electron chi connectivity index (χ2n) is 4.61. The average molecular weight is 340 g/mol. The molecule has 4 aromatic heterocycles. The predicted octanol–water partition coefficient (Wildman–Crippen LogP) is -1.82. The summed E-state index contributed by atoms with van der Waals surface area (Å²) < 4.78 is 0. The van der Waals surface area contributed by atoms with Gasteiger partial charge in [0.1, 0.15) is 12.7 Å². The molecule has 16 heteroatoms. The lowest BCUT2D eigenvalue weighted by molar-refractivity contribution is 0.760. The van der Waals surface area contributed by atoms with E-state index in [1.807, 2.05) is 0 Å². The Morgan fingerprint density at radius 1 is 0.800 bits per heavy atom. The van der Waals surface area contributed by atoms with E-state index in [0.29, 0.717) is 29.2 Å². The third kappa shape index (κ3) is 1.97. The maximum atomic E-state index is 4.52. The summed E-state index contributed by atoms with van der Waals surface area (Å²) in [4.78, 5) is 8.32. The zero-order chi connectivity index (χ0) is 16.6. The largest absolute Gasteiger partial charge is 0.263 e. The van der Waals surface area contributed by atoms with Crippen LogP contribution in [0.1, 0.15) is 5.82 Å². The predicted molar refractivity (Wildman–Crippen MR) is 79.5 cm³/mol. The van der Waals surface area contributed by atoms with Crippen molar-refractivity contribution in [3.8, 4) is 0 Å². The molecule has 0 radical (unpaired) electrons. The van der Waals surface area contributed by atoms with Crippen LogP contribution in [0.15, 0.2) is 30.1 Å². The van der Waals surface area contributed by atoms with Crippen LogP contribution in [0, 0.1) is 0 Å². The molecule has 124 valence electrons. The smallest absolute Gasteiger partial charge is 0.257 e. The molecule has 0 spiro atoms. The molecule has 5 heterocycles. The summed E-state index contributed by atoms with van der Waals surface area (Å²) in [6, 6.07) is 0. The van der Waals surface area contributed by atoms with Gasteiger partial charge in [-0.1, -0.05) is 0 Å². The number of aromatic nitrogens is 12. The maximum Gasteiger partial charge on any atom is 0.263 e. The Bertz CT molecular complexity index is 949. The van der Waals surface area contributed by atoms with Gasteiger partial charge < -0.3 is 0 Å². The molecule has 4 aromatic rings. The number of nitrogens with one attached hydrogen (secondary N) is 4. The average Bonchev–Trinajstić information content (AvgIpc) is 3.48. The fourth-order valence-electron chi connectivity index (χ4n) is 2.23. The van der Waals surface area contributed by atoms with Gasteiger partial charge in [-0.05, 0) is 0 Å². The van der Waals surface area contributed by atoms with Crippen LogP contribution in [-0.4, -0.2) is 67.0 Å². The summed E-state index contributed by atoms with van der Waals surface area (Å²) in [6.07, 6.45) is 5.75. The first kappa shape index (κ1) is 13.1. The first-order valence-corrected chi connectivity index (χ1v) is 6.83. The molecule has 0 saturated carbocycles. The Kier molecular flexibility index (Phi) is 2.66. The maximum absolute atomic E-state index is 4.52. The zero-order valence-electron chi connectivity index (χ0n) is 12.2. The van der Waals surface area contributed by atoms with Crippen LogP contribution in [0.2, 0.25) is 0 Å². The monoisotopic (exact) mass is 340 g/mol. The molecule has 4 N–H and O–H groups in total. The first-order valence-electron chi connectivity index (χ1n) is 6.83. The fourth-order valence-corrected chi connectivity index (χ4v) is 2.23. The lowest BCUT2D eigenvalue weighted by atomic mass is 10.5. The molecule has 0 unspecified atom stereocenters. The summed E-state index contributed by atoms with van der Waals surface area (Å²) in [5.41, 5.74) is 0. The van der Waals surface area contributed by atoms with Crippen LogP contribution in [0.5, 0.6) is 0 Å². The van der Waals surface area contributed by atoms with Gasteiger partial charge in [0, 0.05) is 0 Å². The molecule has 0 aromatic carbocycles. The van der Waals surface area contributed by atoms with Gasteiger partial charge in [0.15, 0.2) is 11.6 Å². The van der Waals surface area contributed by atoms with Gasteiger partial charge in [0.25, 0.3) is 5.95 Å². The van der Waals surface area contributed by atoms with Crippen molar-refractivity contribution in [1.82, 2.24) is 61.2 Å². The lowest BCUT2D eigenvalue weighted by Gasteiger charge is -2.29. The minimum atomic E-state index is 0.351. The Morgan fingerprint density at radius 3 is 2.20 bits per heavy atom. The number of H-pyrrole nitrogens is 4. The number of hydrogen-bond acceptors (Lipinski definition) is 12. The number of hydrazine groups is 2. The summed E-state index contributed by atoms with van der Waals surface area (Å²) in [5, 5.41) is 43.3. The second kappa shape index (κ2) is 5.08. The van der Waals surface area contributed by atoms with E-state index in [0.717, 1.165) is 0 Å². The van der Waals surface area contributed by atoms with Crippen LogP contribution in [0.25, 0.3) is 0 Å². The molecule has 0 amide bonds. The SMILES string of the molecule is c1n[nH]c(C2=NN(c3cn[nH]n3)N(c3ncn[nH]3)N2c2cn[nH]n2)n1. The van der Waals surface area contributed by atoms with Gasteiger partial charge >= 0.3 is 0 Å². The Morgan fingerprint density at radius 2 is 1.56 bits per heavy atom. The van der Waals surface area contributed by atoms with Crippen LogP contribution >= 0.6 is 0 Å². The molecule has 1 aliphatic rings. The van der Waals surface area contributed by atoms with Gasteiger partial charge in [-0.25, -0.2) is 10.1 Å². The van der Waals surface area contributed by atoms with E-state index in [2.05, 4.69) is 66.3 Å². The standard InChI is InChI=1S/C9H8N16/c1-5(16-21-12-1)23-8(7-10-3-14-18-7)20-24(6-2-13-22-17-6)25(23)9-11-4-15-19-9/h1-4H,(H,10,14,18)(H,11,15,19)(H,12,16,21)(H,13,17,22). The molecule has 0 atom stereocenters. The van der Waals surface area contributed by atoms with Gasteiger partial charge in [0.2, 0.25) is 11.7 Å².